The van der Waals surface area contributed by atoms with E-state index in [0.717, 1.165) is 47.0 Å². The SMILES string of the molecule is CNCCCOc1ccc(-c2nc3c(OC4(C)CC4)ncnc3n2Cc2ncc(C)s2)c(Cl)c1. The van der Waals surface area contributed by atoms with Crippen molar-refractivity contribution >= 4 is 34.1 Å². The van der Waals surface area contributed by atoms with Crippen LogP contribution in [0.25, 0.3) is 22.6 Å². The Morgan fingerprint density at radius 3 is 2.79 bits per heavy atom. The minimum atomic E-state index is -0.179. The maximum absolute atomic E-state index is 6.74. The highest BCUT2D eigenvalue weighted by molar-refractivity contribution is 7.11. The third kappa shape index (κ3) is 4.87. The summed E-state index contributed by atoms with van der Waals surface area (Å²) in [5, 5.41) is 4.64. The first-order chi connectivity index (χ1) is 16.5. The Hall–Kier alpha value is -2.75. The Labute approximate surface area is 207 Å². The van der Waals surface area contributed by atoms with E-state index in [0.29, 0.717) is 41.0 Å². The number of hydrogen-bond acceptors (Lipinski definition) is 8. The van der Waals surface area contributed by atoms with E-state index in [1.165, 1.54) is 6.33 Å². The van der Waals surface area contributed by atoms with Gasteiger partial charge in [0, 0.05) is 16.6 Å². The number of halogens is 1. The van der Waals surface area contributed by atoms with Crippen LogP contribution in [0.2, 0.25) is 5.02 Å². The Morgan fingerprint density at radius 2 is 2.09 bits per heavy atom. The number of benzene rings is 1. The smallest absolute Gasteiger partial charge is 0.245 e. The number of aryl methyl sites for hydroxylation is 1. The third-order valence-corrected chi connectivity index (χ3v) is 6.99. The molecule has 3 aromatic heterocycles. The van der Waals surface area contributed by atoms with E-state index in [9.17, 15) is 0 Å². The monoisotopic (exact) mass is 498 g/mol. The molecule has 1 aliphatic carbocycles. The molecule has 0 atom stereocenters. The van der Waals surface area contributed by atoms with Crippen LogP contribution in [0.15, 0.2) is 30.7 Å². The van der Waals surface area contributed by atoms with Crippen molar-refractivity contribution in [3.05, 3.63) is 45.6 Å². The van der Waals surface area contributed by atoms with Gasteiger partial charge in [-0.2, -0.15) is 4.98 Å². The second kappa shape index (κ2) is 9.48. The van der Waals surface area contributed by atoms with Crippen LogP contribution >= 0.6 is 22.9 Å². The van der Waals surface area contributed by atoms with E-state index in [-0.39, 0.29) is 5.60 Å². The van der Waals surface area contributed by atoms with Gasteiger partial charge in [-0.05, 0) is 64.9 Å². The molecule has 3 heterocycles. The lowest BCUT2D eigenvalue weighted by Gasteiger charge is -2.11. The minimum Gasteiger partial charge on any atom is -0.493 e. The van der Waals surface area contributed by atoms with Crippen molar-refractivity contribution in [1.82, 2.24) is 29.8 Å². The molecule has 5 rings (SSSR count). The molecule has 0 radical (unpaired) electrons. The van der Waals surface area contributed by atoms with E-state index in [2.05, 4.69) is 27.2 Å². The largest absolute Gasteiger partial charge is 0.493 e. The zero-order valence-corrected chi connectivity index (χ0v) is 21.0. The number of nitrogens with one attached hydrogen (secondary N) is 1. The van der Waals surface area contributed by atoms with Gasteiger partial charge in [0.2, 0.25) is 5.88 Å². The van der Waals surface area contributed by atoms with Crippen molar-refractivity contribution in [2.75, 3.05) is 20.2 Å². The lowest BCUT2D eigenvalue weighted by atomic mass is 10.2. The number of rotatable bonds is 10. The molecule has 0 aliphatic heterocycles. The van der Waals surface area contributed by atoms with E-state index in [4.69, 9.17) is 26.1 Å². The Balaban J connectivity index is 1.55. The molecule has 0 bridgehead atoms. The summed E-state index contributed by atoms with van der Waals surface area (Å²) in [6, 6.07) is 5.70. The number of nitrogens with zero attached hydrogens (tertiary/aromatic N) is 5. The van der Waals surface area contributed by atoms with Gasteiger partial charge >= 0.3 is 0 Å². The van der Waals surface area contributed by atoms with Crippen LogP contribution in [-0.2, 0) is 6.54 Å². The van der Waals surface area contributed by atoms with E-state index in [1.54, 1.807) is 11.3 Å². The van der Waals surface area contributed by atoms with Crippen molar-refractivity contribution < 1.29 is 9.47 Å². The van der Waals surface area contributed by atoms with Crippen LogP contribution in [0, 0.1) is 6.92 Å². The molecule has 0 saturated heterocycles. The van der Waals surface area contributed by atoms with Crippen LogP contribution in [0.4, 0.5) is 0 Å². The molecular formula is C24H27ClN6O2S. The van der Waals surface area contributed by atoms with Gasteiger partial charge in [0.1, 0.15) is 28.5 Å². The third-order valence-electron chi connectivity index (χ3n) is 5.78. The average molecular weight is 499 g/mol. The molecule has 0 spiro atoms. The van der Waals surface area contributed by atoms with Crippen LogP contribution in [0.5, 0.6) is 11.6 Å². The summed E-state index contributed by atoms with van der Waals surface area (Å²) in [6.45, 7) is 6.18. The molecule has 0 unspecified atom stereocenters. The first-order valence-electron chi connectivity index (χ1n) is 11.3. The van der Waals surface area contributed by atoms with Gasteiger partial charge in [0.15, 0.2) is 11.2 Å². The van der Waals surface area contributed by atoms with Crippen LogP contribution in [0.1, 0.15) is 36.1 Å². The summed E-state index contributed by atoms with van der Waals surface area (Å²) in [7, 11) is 1.93. The number of imidazole rings is 1. The number of hydrogen-bond donors (Lipinski definition) is 1. The van der Waals surface area contributed by atoms with Gasteiger partial charge in [-0.1, -0.05) is 11.6 Å². The molecule has 1 saturated carbocycles. The molecule has 1 N–H and O–H groups in total. The average Bonchev–Trinajstić information content (AvgIpc) is 3.22. The van der Waals surface area contributed by atoms with Gasteiger partial charge in [-0.25, -0.2) is 15.0 Å². The van der Waals surface area contributed by atoms with E-state index < -0.39 is 0 Å². The van der Waals surface area contributed by atoms with Gasteiger partial charge in [-0.3, -0.25) is 0 Å². The number of ether oxygens (including phenoxy) is 2. The molecule has 1 fully saturated rings. The molecule has 8 nitrogen and oxygen atoms in total. The lowest BCUT2D eigenvalue weighted by Crippen LogP contribution is -2.13. The highest BCUT2D eigenvalue weighted by Crippen LogP contribution is 2.41. The summed E-state index contributed by atoms with van der Waals surface area (Å²) in [6.07, 6.45) is 6.34. The summed E-state index contributed by atoms with van der Waals surface area (Å²) in [4.78, 5) is 19.6. The van der Waals surface area contributed by atoms with Crippen molar-refractivity contribution in [3.63, 3.8) is 0 Å². The molecule has 178 valence electrons. The van der Waals surface area contributed by atoms with E-state index >= 15 is 0 Å². The number of fused-ring (bicyclic) bond motifs is 1. The van der Waals surface area contributed by atoms with Gasteiger partial charge < -0.3 is 19.4 Å². The standard InChI is InChI=1S/C24H27ClN6O2S/c1-15-12-27-19(34-15)13-31-21(17-6-5-16(11-18(17)25)32-10-4-9-26-3)30-20-22(31)28-14-29-23(20)33-24(2)7-8-24/h5-6,11-12,14,26H,4,7-10,13H2,1-3H3. The minimum absolute atomic E-state index is 0.179. The maximum atomic E-state index is 6.74. The van der Waals surface area contributed by atoms with Gasteiger partial charge in [0.05, 0.1) is 18.2 Å². The highest BCUT2D eigenvalue weighted by atomic mass is 35.5. The quantitative estimate of drug-likeness (QED) is 0.312. The topological polar surface area (TPSA) is 87.0 Å². The Kier molecular flexibility index (Phi) is 6.42. The highest BCUT2D eigenvalue weighted by Gasteiger charge is 2.41. The van der Waals surface area contributed by atoms with Gasteiger partial charge in [-0.15, -0.1) is 11.3 Å². The Morgan fingerprint density at radius 1 is 1.24 bits per heavy atom. The fraction of sp³-hybridized carbons (Fsp3) is 0.417. The number of thiazole rings is 1. The summed E-state index contributed by atoms with van der Waals surface area (Å²) >= 11 is 8.39. The predicted octanol–water partition coefficient (Wildman–Crippen LogP) is 4.88. The van der Waals surface area contributed by atoms with Crippen LogP contribution < -0.4 is 14.8 Å². The molecule has 1 aliphatic rings. The zero-order valence-electron chi connectivity index (χ0n) is 19.5. The molecule has 10 heteroatoms. The molecular weight excluding hydrogens is 472 g/mol. The first kappa shape index (κ1) is 23.0. The second-order valence-electron chi connectivity index (χ2n) is 8.74. The molecule has 0 amide bonds. The normalized spacial score (nSPS) is 14.5. The molecule has 34 heavy (non-hydrogen) atoms. The lowest BCUT2D eigenvalue weighted by molar-refractivity contribution is 0.194. The fourth-order valence-electron chi connectivity index (χ4n) is 3.67. The molecule has 4 aromatic rings. The first-order valence-corrected chi connectivity index (χ1v) is 12.5. The van der Waals surface area contributed by atoms with Crippen molar-refractivity contribution in [3.8, 4) is 23.0 Å². The van der Waals surface area contributed by atoms with E-state index in [1.807, 2.05) is 42.9 Å². The van der Waals surface area contributed by atoms with Gasteiger partial charge in [0.25, 0.3) is 0 Å². The maximum Gasteiger partial charge on any atom is 0.245 e. The van der Waals surface area contributed by atoms with Crippen molar-refractivity contribution in [2.45, 2.75) is 45.3 Å². The number of aromatic nitrogens is 5. The van der Waals surface area contributed by atoms with Crippen LogP contribution in [-0.4, -0.2) is 50.3 Å². The zero-order chi connectivity index (χ0) is 23.7. The summed E-state index contributed by atoms with van der Waals surface area (Å²) in [5.74, 6) is 1.93. The van der Waals surface area contributed by atoms with Crippen LogP contribution in [0.3, 0.4) is 0 Å². The fourth-order valence-corrected chi connectivity index (χ4v) is 4.70. The van der Waals surface area contributed by atoms with Crippen molar-refractivity contribution in [1.29, 1.82) is 0 Å². The summed E-state index contributed by atoms with van der Waals surface area (Å²) in [5.41, 5.74) is 1.93. The molecule has 1 aromatic carbocycles. The summed E-state index contributed by atoms with van der Waals surface area (Å²) < 4.78 is 14.1. The predicted molar refractivity (Wildman–Crippen MR) is 134 cm³/mol. The Bertz CT molecular complexity index is 1320. The van der Waals surface area contributed by atoms with Crippen molar-refractivity contribution in [2.24, 2.45) is 0 Å². The second-order valence-corrected chi connectivity index (χ2v) is 10.5.